The summed E-state index contributed by atoms with van der Waals surface area (Å²) >= 11 is 0. The van der Waals surface area contributed by atoms with Crippen LogP contribution in [0.4, 0.5) is 0 Å². The first kappa shape index (κ1) is 6.34. The molecular formula is C8H7NO2. The van der Waals surface area contributed by atoms with Crippen molar-refractivity contribution < 1.29 is 9.59 Å². The number of amides is 1. The second-order valence-electron chi connectivity index (χ2n) is 2.66. The fourth-order valence-electron chi connectivity index (χ4n) is 1.31. The van der Waals surface area contributed by atoms with E-state index in [1.165, 1.54) is 6.08 Å². The van der Waals surface area contributed by atoms with Crippen molar-refractivity contribution in [3.05, 3.63) is 23.3 Å². The van der Waals surface area contributed by atoms with E-state index in [4.69, 9.17) is 0 Å². The molecular weight excluding hydrogens is 142 g/mol. The Bertz CT molecular complexity index is 299. The van der Waals surface area contributed by atoms with Crippen molar-refractivity contribution in [3.63, 3.8) is 0 Å². The molecule has 2 aliphatic rings. The van der Waals surface area contributed by atoms with E-state index in [0.717, 1.165) is 5.57 Å². The Balaban J connectivity index is 2.40. The van der Waals surface area contributed by atoms with Crippen molar-refractivity contribution in [1.29, 1.82) is 0 Å². The third-order valence-corrected chi connectivity index (χ3v) is 1.92. The first-order valence-corrected chi connectivity index (χ1v) is 3.48. The monoisotopic (exact) mass is 149 g/mol. The minimum absolute atomic E-state index is 0.0146. The van der Waals surface area contributed by atoms with E-state index in [9.17, 15) is 9.59 Å². The highest BCUT2D eigenvalue weighted by Crippen LogP contribution is 2.20. The molecule has 3 heteroatoms. The highest BCUT2D eigenvalue weighted by molar-refractivity contribution is 6.07. The average Bonchev–Trinajstić information content (AvgIpc) is 2.33. The van der Waals surface area contributed by atoms with Gasteiger partial charge in [-0.3, -0.25) is 9.59 Å². The molecule has 0 aromatic carbocycles. The second kappa shape index (κ2) is 2.05. The van der Waals surface area contributed by atoms with Crippen LogP contribution in [0.1, 0.15) is 6.42 Å². The number of rotatable bonds is 0. The third-order valence-electron chi connectivity index (χ3n) is 1.92. The Morgan fingerprint density at radius 3 is 2.91 bits per heavy atom. The maximum Gasteiger partial charge on any atom is 0.248 e. The van der Waals surface area contributed by atoms with Gasteiger partial charge >= 0.3 is 0 Å². The molecule has 0 atom stereocenters. The van der Waals surface area contributed by atoms with Crippen molar-refractivity contribution >= 4 is 11.7 Å². The summed E-state index contributed by atoms with van der Waals surface area (Å²) in [6.45, 7) is 0.581. The average molecular weight is 149 g/mol. The molecule has 0 fully saturated rings. The van der Waals surface area contributed by atoms with Crippen LogP contribution in [0.25, 0.3) is 0 Å². The van der Waals surface area contributed by atoms with Crippen LogP contribution >= 0.6 is 0 Å². The van der Waals surface area contributed by atoms with Crippen molar-refractivity contribution in [1.82, 2.24) is 5.32 Å². The Hall–Kier alpha value is -1.38. The Morgan fingerprint density at radius 2 is 2.09 bits per heavy atom. The van der Waals surface area contributed by atoms with Crippen LogP contribution in [-0.2, 0) is 9.59 Å². The van der Waals surface area contributed by atoms with Crippen LogP contribution in [0.3, 0.4) is 0 Å². The predicted molar refractivity (Wildman–Crippen MR) is 38.8 cm³/mol. The van der Waals surface area contributed by atoms with E-state index < -0.39 is 0 Å². The molecule has 0 spiro atoms. The highest BCUT2D eigenvalue weighted by atomic mass is 16.2. The molecule has 0 radical (unpaired) electrons. The lowest BCUT2D eigenvalue weighted by Gasteiger charge is -2.02. The minimum atomic E-state index is -0.0855. The van der Waals surface area contributed by atoms with E-state index >= 15 is 0 Å². The SMILES string of the molecule is O=C1C=CC2=C(C1)C(=O)NC2. The smallest absolute Gasteiger partial charge is 0.248 e. The van der Waals surface area contributed by atoms with E-state index in [-0.39, 0.29) is 18.1 Å². The lowest BCUT2D eigenvalue weighted by Crippen LogP contribution is -2.18. The first-order chi connectivity index (χ1) is 5.27. The van der Waals surface area contributed by atoms with Crippen molar-refractivity contribution in [3.8, 4) is 0 Å². The summed E-state index contributed by atoms with van der Waals surface area (Å²) in [7, 11) is 0. The predicted octanol–water partition coefficient (Wildman–Crippen LogP) is -0.0582. The zero-order chi connectivity index (χ0) is 7.84. The zero-order valence-corrected chi connectivity index (χ0v) is 5.89. The van der Waals surface area contributed by atoms with Crippen LogP contribution in [0.15, 0.2) is 23.3 Å². The first-order valence-electron chi connectivity index (χ1n) is 3.48. The third kappa shape index (κ3) is 0.888. The Morgan fingerprint density at radius 1 is 1.27 bits per heavy atom. The normalized spacial score (nSPS) is 22.2. The van der Waals surface area contributed by atoms with Gasteiger partial charge in [0.15, 0.2) is 5.78 Å². The molecule has 11 heavy (non-hydrogen) atoms. The highest BCUT2D eigenvalue weighted by Gasteiger charge is 2.24. The molecule has 0 saturated heterocycles. The van der Waals surface area contributed by atoms with Crippen molar-refractivity contribution in [2.45, 2.75) is 6.42 Å². The summed E-state index contributed by atoms with van der Waals surface area (Å²) in [6.07, 6.45) is 3.52. The van der Waals surface area contributed by atoms with Gasteiger partial charge in [0.1, 0.15) is 0 Å². The van der Waals surface area contributed by atoms with Gasteiger partial charge in [-0.15, -0.1) is 0 Å². The summed E-state index contributed by atoms with van der Waals surface area (Å²) in [4.78, 5) is 21.8. The van der Waals surface area contributed by atoms with Gasteiger partial charge in [0.2, 0.25) is 5.91 Å². The number of hydrogen-bond acceptors (Lipinski definition) is 2. The molecule has 0 saturated carbocycles. The molecule has 1 amide bonds. The van der Waals surface area contributed by atoms with Crippen molar-refractivity contribution in [2.24, 2.45) is 0 Å². The maximum absolute atomic E-state index is 11.0. The van der Waals surface area contributed by atoms with E-state index in [1.54, 1.807) is 6.08 Å². The molecule has 0 aromatic rings. The van der Waals surface area contributed by atoms with E-state index in [2.05, 4.69) is 5.32 Å². The maximum atomic E-state index is 11.0. The van der Waals surface area contributed by atoms with Crippen LogP contribution in [0, 0.1) is 0 Å². The van der Waals surface area contributed by atoms with Gasteiger partial charge in [-0.05, 0) is 11.6 Å². The van der Waals surface area contributed by atoms with Gasteiger partial charge in [0.25, 0.3) is 0 Å². The minimum Gasteiger partial charge on any atom is -0.348 e. The molecule has 1 aliphatic carbocycles. The quantitative estimate of drug-likeness (QED) is 0.524. The standard InChI is InChI=1S/C8H7NO2/c10-6-2-1-5-4-9-8(11)7(5)3-6/h1-2H,3-4H2,(H,9,11). The summed E-state index contributed by atoms with van der Waals surface area (Å²) in [5.74, 6) is -0.0708. The molecule has 1 heterocycles. The number of ketones is 1. The van der Waals surface area contributed by atoms with Crippen LogP contribution in [0.2, 0.25) is 0 Å². The van der Waals surface area contributed by atoms with Gasteiger partial charge < -0.3 is 5.32 Å². The fourth-order valence-corrected chi connectivity index (χ4v) is 1.31. The molecule has 56 valence electrons. The Labute approximate surface area is 63.8 Å². The lowest BCUT2D eigenvalue weighted by molar-refractivity contribution is -0.119. The van der Waals surface area contributed by atoms with E-state index in [0.29, 0.717) is 12.1 Å². The number of hydrogen-bond donors (Lipinski definition) is 1. The molecule has 0 bridgehead atoms. The van der Waals surface area contributed by atoms with E-state index in [1.807, 2.05) is 0 Å². The molecule has 2 rings (SSSR count). The summed E-state index contributed by atoms with van der Waals surface area (Å²) in [5.41, 5.74) is 1.62. The van der Waals surface area contributed by atoms with Gasteiger partial charge in [-0.25, -0.2) is 0 Å². The van der Waals surface area contributed by atoms with Crippen molar-refractivity contribution in [2.75, 3.05) is 6.54 Å². The summed E-state index contributed by atoms with van der Waals surface area (Å²) < 4.78 is 0. The number of carbonyl (C=O) groups is 2. The van der Waals surface area contributed by atoms with Gasteiger partial charge in [-0.2, -0.15) is 0 Å². The molecule has 0 aromatic heterocycles. The molecule has 1 N–H and O–H groups in total. The number of carbonyl (C=O) groups excluding carboxylic acids is 2. The molecule has 1 aliphatic heterocycles. The summed E-state index contributed by atoms with van der Waals surface area (Å²) in [5, 5.41) is 2.67. The molecule has 0 unspecified atom stereocenters. The lowest BCUT2D eigenvalue weighted by atomic mass is 9.99. The largest absolute Gasteiger partial charge is 0.348 e. The van der Waals surface area contributed by atoms with Gasteiger partial charge in [-0.1, -0.05) is 6.08 Å². The second-order valence-corrected chi connectivity index (χ2v) is 2.66. The van der Waals surface area contributed by atoms with Gasteiger partial charge in [0, 0.05) is 18.5 Å². The van der Waals surface area contributed by atoms with Crippen LogP contribution in [-0.4, -0.2) is 18.2 Å². The zero-order valence-electron chi connectivity index (χ0n) is 5.89. The topological polar surface area (TPSA) is 46.2 Å². The number of allylic oxidation sites excluding steroid dienone is 1. The molecule has 3 nitrogen and oxygen atoms in total. The Kier molecular flexibility index (Phi) is 1.18. The fraction of sp³-hybridized carbons (Fsp3) is 0.250. The van der Waals surface area contributed by atoms with Gasteiger partial charge in [0.05, 0.1) is 0 Å². The van der Waals surface area contributed by atoms with Crippen LogP contribution < -0.4 is 5.32 Å². The summed E-state index contributed by atoms with van der Waals surface area (Å²) in [6, 6.07) is 0. The number of nitrogens with one attached hydrogen (secondary N) is 1. The van der Waals surface area contributed by atoms with Crippen LogP contribution in [0.5, 0.6) is 0 Å².